The van der Waals surface area contributed by atoms with Crippen LogP contribution in [0, 0.1) is 17.8 Å². The van der Waals surface area contributed by atoms with Crippen LogP contribution in [0.1, 0.15) is 19.3 Å². The zero-order chi connectivity index (χ0) is 8.72. The lowest BCUT2D eigenvalue weighted by Crippen LogP contribution is -2.40. The van der Waals surface area contributed by atoms with E-state index in [2.05, 4.69) is 0 Å². The van der Waals surface area contributed by atoms with E-state index in [1.54, 1.807) is 0 Å². The predicted molar refractivity (Wildman–Crippen MR) is 44.3 cm³/mol. The van der Waals surface area contributed by atoms with E-state index in [9.17, 15) is 4.79 Å². The summed E-state index contributed by atoms with van der Waals surface area (Å²) in [5.74, 6) is 1.29. The maximum Gasteiger partial charge on any atom is 0.310 e. The molecule has 0 unspecified atom stereocenters. The average molecular weight is 169 g/mol. The van der Waals surface area contributed by atoms with Gasteiger partial charge in [0.05, 0.1) is 13.0 Å². The highest BCUT2D eigenvalue weighted by Crippen LogP contribution is 2.50. The number of hydrogen-bond donors (Lipinski definition) is 1. The number of esters is 1. The summed E-state index contributed by atoms with van der Waals surface area (Å²) in [6.45, 7) is 0. The minimum atomic E-state index is -0.118. The molecule has 3 nitrogen and oxygen atoms in total. The Labute approximate surface area is 72.3 Å². The van der Waals surface area contributed by atoms with Crippen LogP contribution in [0.15, 0.2) is 0 Å². The van der Waals surface area contributed by atoms with Crippen molar-refractivity contribution in [3.63, 3.8) is 0 Å². The van der Waals surface area contributed by atoms with Crippen LogP contribution in [0.25, 0.3) is 0 Å². The molecule has 2 saturated carbocycles. The van der Waals surface area contributed by atoms with Gasteiger partial charge in [0, 0.05) is 6.04 Å². The molecule has 0 spiro atoms. The monoisotopic (exact) mass is 169 g/mol. The van der Waals surface area contributed by atoms with E-state index < -0.39 is 0 Å². The fourth-order valence-corrected chi connectivity index (χ4v) is 2.39. The number of carbonyl (C=O) groups excluding carboxylic acids is 1. The van der Waals surface area contributed by atoms with Gasteiger partial charge < -0.3 is 10.5 Å². The van der Waals surface area contributed by atoms with Gasteiger partial charge in [-0.1, -0.05) is 0 Å². The summed E-state index contributed by atoms with van der Waals surface area (Å²) in [5.41, 5.74) is 5.94. The van der Waals surface area contributed by atoms with Crippen molar-refractivity contribution in [2.75, 3.05) is 7.11 Å². The fourth-order valence-electron chi connectivity index (χ4n) is 2.39. The molecule has 0 aliphatic heterocycles. The fraction of sp³-hybridized carbons (Fsp3) is 0.889. The summed E-state index contributed by atoms with van der Waals surface area (Å²) < 4.78 is 4.71. The van der Waals surface area contributed by atoms with Gasteiger partial charge in [-0.3, -0.25) is 4.79 Å². The second-order valence-corrected chi connectivity index (χ2v) is 3.94. The van der Waals surface area contributed by atoms with Crippen molar-refractivity contribution in [2.24, 2.45) is 23.5 Å². The Morgan fingerprint density at radius 1 is 1.50 bits per heavy atom. The molecule has 0 aromatic rings. The van der Waals surface area contributed by atoms with Gasteiger partial charge >= 0.3 is 5.97 Å². The first-order valence-electron chi connectivity index (χ1n) is 4.57. The second-order valence-electron chi connectivity index (χ2n) is 3.94. The smallest absolute Gasteiger partial charge is 0.310 e. The highest BCUT2D eigenvalue weighted by atomic mass is 16.5. The van der Waals surface area contributed by atoms with E-state index in [1.165, 1.54) is 13.5 Å². The van der Waals surface area contributed by atoms with Gasteiger partial charge in [0.1, 0.15) is 0 Å². The Bertz CT molecular complexity index is 205. The van der Waals surface area contributed by atoms with E-state index in [1.807, 2.05) is 0 Å². The predicted octanol–water partition coefficient (Wildman–Crippen LogP) is 0.533. The minimum Gasteiger partial charge on any atom is -0.469 e. The van der Waals surface area contributed by atoms with Gasteiger partial charge in [-0.05, 0) is 31.1 Å². The number of methoxy groups -OCH3 is 1. The van der Waals surface area contributed by atoms with E-state index in [0.29, 0.717) is 5.92 Å². The van der Waals surface area contributed by atoms with E-state index in [-0.39, 0.29) is 17.9 Å². The van der Waals surface area contributed by atoms with Gasteiger partial charge in [-0.2, -0.15) is 0 Å². The van der Waals surface area contributed by atoms with Crippen LogP contribution < -0.4 is 5.73 Å². The van der Waals surface area contributed by atoms with Crippen LogP contribution in [0.4, 0.5) is 0 Å². The zero-order valence-electron chi connectivity index (χ0n) is 7.32. The lowest BCUT2D eigenvalue weighted by atomic mass is 9.85. The summed E-state index contributed by atoms with van der Waals surface area (Å²) in [7, 11) is 1.44. The summed E-state index contributed by atoms with van der Waals surface area (Å²) in [6, 6.07) is 0.0659. The molecule has 2 N–H and O–H groups in total. The van der Waals surface area contributed by atoms with E-state index in [4.69, 9.17) is 10.5 Å². The molecule has 3 heteroatoms. The summed E-state index contributed by atoms with van der Waals surface area (Å²) in [5, 5.41) is 0. The average Bonchev–Trinajstić information content (AvgIpc) is 2.83. The lowest BCUT2D eigenvalue weighted by molar-refractivity contribution is -0.147. The molecule has 0 heterocycles. The maximum absolute atomic E-state index is 11.2. The molecule has 2 aliphatic rings. The number of carbonyl (C=O) groups is 1. The topological polar surface area (TPSA) is 52.3 Å². The van der Waals surface area contributed by atoms with Crippen molar-refractivity contribution < 1.29 is 9.53 Å². The zero-order valence-corrected chi connectivity index (χ0v) is 7.32. The highest BCUT2D eigenvalue weighted by molar-refractivity contribution is 5.73. The van der Waals surface area contributed by atoms with Gasteiger partial charge in [0.15, 0.2) is 0 Å². The molecule has 0 amide bonds. The first-order chi connectivity index (χ1) is 5.74. The van der Waals surface area contributed by atoms with Crippen LogP contribution in [-0.2, 0) is 9.53 Å². The number of hydrogen-bond acceptors (Lipinski definition) is 3. The summed E-state index contributed by atoms with van der Waals surface area (Å²) in [4.78, 5) is 11.2. The Morgan fingerprint density at radius 2 is 2.25 bits per heavy atom. The number of nitrogens with two attached hydrogens (primary N) is 1. The van der Waals surface area contributed by atoms with Crippen LogP contribution in [0.5, 0.6) is 0 Å². The number of ether oxygens (including phenoxy) is 1. The number of rotatable bonds is 1. The first-order valence-corrected chi connectivity index (χ1v) is 4.57. The molecule has 0 saturated heterocycles. The van der Waals surface area contributed by atoms with Gasteiger partial charge in [-0.25, -0.2) is 0 Å². The molecule has 68 valence electrons. The molecule has 0 bridgehead atoms. The maximum atomic E-state index is 11.2. The van der Waals surface area contributed by atoms with Gasteiger partial charge in [-0.15, -0.1) is 0 Å². The van der Waals surface area contributed by atoms with Gasteiger partial charge in [0.2, 0.25) is 0 Å². The van der Waals surface area contributed by atoms with E-state index in [0.717, 1.165) is 18.8 Å². The third-order valence-electron chi connectivity index (χ3n) is 3.29. The molecule has 2 fully saturated rings. The SMILES string of the molecule is COC(=O)[C@H]1CC[C@@H]2C[C@@H]2[C@H]1N. The Balaban J connectivity index is 2.01. The van der Waals surface area contributed by atoms with Crippen LogP contribution in [0.3, 0.4) is 0 Å². The van der Waals surface area contributed by atoms with Crippen LogP contribution in [-0.4, -0.2) is 19.1 Å². The highest BCUT2D eigenvalue weighted by Gasteiger charge is 2.49. The third kappa shape index (κ3) is 1.12. The largest absolute Gasteiger partial charge is 0.469 e. The standard InChI is InChI=1S/C9H15NO2/c1-12-9(11)6-3-2-5-4-7(5)8(6)10/h5-8H,2-4,10H2,1H3/t5-,6+,7+,8+/m1/s1. The summed E-state index contributed by atoms with van der Waals surface area (Å²) in [6.07, 6.45) is 3.32. The van der Waals surface area contributed by atoms with Crippen molar-refractivity contribution in [3.05, 3.63) is 0 Å². The molecule has 0 aromatic carbocycles. The third-order valence-corrected chi connectivity index (χ3v) is 3.29. The van der Waals surface area contributed by atoms with Crippen molar-refractivity contribution in [1.29, 1.82) is 0 Å². The molecule has 2 aliphatic carbocycles. The first kappa shape index (κ1) is 8.05. The Kier molecular flexibility index (Phi) is 1.83. The molecule has 4 atom stereocenters. The summed E-state index contributed by atoms with van der Waals surface area (Å²) >= 11 is 0. The quantitative estimate of drug-likeness (QED) is 0.583. The van der Waals surface area contributed by atoms with E-state index >= 15 is 0 Å². The molecular formula is C9H15NO2. The molecular weight excluding hydrogens is 154 g/mol. The van der Waals surface area contributed by atoms with Crippen LogP contribution >= 0.6 is 0 Å². The lowest BCUT2D eigenvalue weighted by Gasteiger charge is -2.25. The van der Waals surface area contributed by atoms with Crippen molar-refractivity contribution >= 4 is 5.97 Å². The second kappa shape index (κ2) is 2.73. The Morgan fingerprint density at radius 3 is 2.92 bits per heavy atom. The minimum absolute atomic E-state index is 0.0289. The Hall–Kier alpha value is -0.570. The molecule has 12 heavy (non-hydrogen) atoms. The van der Waals surface area contributed by atoms with Crippen molar-refractivity contribution in [3.8, 4) is 0 Å². The van der Waals surface area contributed by atoms with Gasteiger partial charge in [0.25, 0.3) is 0 Å². The normalized spacial score (nSPS) is 44.8. The molecule has 0 radical (unpaired) electrons. The van der Waals surface area contributed by atoms with Crippen LogP contribution in [0.2, 0.25) is 0 Å². The van der Waals surface area contributed by atoms with Crippen molar-refractivity contribution in [2.45, 2.75) is 25.3 Å². The number of fused-ring (bicyclic) bond motifs is 1. The molecule has 2 rings (SSSR count). The van der Waals surface area contributed by atoms with Crippen molar-refractivity contribution in [1.82, 2.24) is 0 Å². The molecule has 0 aromatic heterocycles.